The van der Waals surface area contributed by atoms with E-state index >= 15 is 0 Å². The van der Waals surface area contributed by atoms with Gasteiger partial charge in [-0.1, -0.05) is 48.9 Å². The van der Waals surface area contributed by atoms with Gasteiger partial charge in [0.15, 0.2) is 5.78 Å². The molecule has 150 valence electrons. The van der Waals surface area contributed by atoms with Crippen molar-refractivity contribution >= 4 is 16.6 Å². The van der Waals surface area contributed by atoms with E-state index in [0.29, 0.717) is 26.9 Å². The molecule has 0 aliphatic heterocycles. The van der Waals surface area contributed by atoms with Crippen LogP contribution in [-0.2, 0) is 10.8 Å². The molecule has 3 aromatic carbocycles. The van der Waals surface area contributed by atoms with Crippen LogP contribution in [-0.4, -0.2) is 24.2 Å². The summed E-state index contributed by atoms with van der Waals surface area (Å²) in [6.45, 7) is 3.81. The number of ketones is 1. The first-order valence-electron chi connectivity index (χ1n) is 9.30. The Kier molecular flexibility index (Phi) is 6.49. The van der Waals surface area contributed by atoms with Gasteiger partial charge in [-0.3, -0.25) is 4.79 Å². The smallest absolute Gasteiger partial charge is 0.177 e. The molecule has 2 atom stereocenters. The fourth-order valence-corrected chi connectivity index (χ4v) is 4.55. The van der Waals surface area contributed by atoms with Crippen LogP contribution in [0.1, 0.15) is 34.3 Å². The van der Waals surface area contributed by atoms with Crippen LogP contribution in [0.4, 0.5) is 0 Å². The molecule has 3 aromatic rings. The maximum atomic E-state index is 13.4. The molecule has 3 rings (SSSR count). The molecular weight excluding hydrogens is 384 g/mol. The fraction of sp³-hybridized carbons (Fsp3) is 0.208. The fourth-order valence-electron chi connectivity index (χ4n) is 3.25. The van der Waals surface area contributed by atoms with Gasteiger partial charge in [0.2, 0.25) is 0 Å². The monoisotopic (exact) mass is 408 g/mol. The summed E-state index contributed by atoms with van der Waals surface area (Å²) in [5.41, 5.74) is 2.22. The Hall–Kier alpha value is -2.92. The molecule has 0 bridgehead atoms. The molecule has 0 saturated heterocycles. The summed E-state index contributed by atoms with van der Waals surface area (Å²) < 4.78 is 24.0. The molecule has 0 spiro atoms. The third-order valence-electron chi connectivity index (χ3n) is 4.89. The predicted octanol–water partition coefficient (Wildman–Crippen LogP) is 5.17. The van der Waals surface area contributed by atoms with Crippen molar-refractivity contribution in [1.29, 1.82) is 0 Å². The highest BCUT2D eigenvalue weighted by molar-refractivity contribution is 7.85. The Balaban J connectivity index is 2.03. The van der Waals surface area contributed by atoms with Crippen molar-refractivity contribution < 1.29 is 18.5 Å². The maximum absolute atomic E-state index is 13.4. The number of ether oxygens (including phenoxy) is 2. The van der Waals surface area contributed by atoms with Crippen molar-refractivity contribution in [2.75, 3.05) is 14.2 Å². The third-order valence-corrected chi connectivity index (χ3v) is 6.36. The molecular formula is C24H24O4S. The van der Waals surface area contributed by atoms with Gasteiger partial charge in [-0.2, -0.15) is 0 Å². The largest absolute Gasteiger partial charge is 0.496 e. The van der Waals surface area contributed by atoms with E-state index in [2.05, 4.69) is 0 Å². The van der Waals surface area contributed by atoms with Gasteiger partial charge in [-0.15, -0.1) is 0 Å². The number of rotatable bonds is 7. The van der Waals surface area contributed by atoms with Crippen LogP contribution in [0.25, 0.3) is 0 Å². The number of hydrogen-bond acceptors (Lipinski definition) is 4. The lowest BCUT2D eigenvalue weighted by molar-refractivity contribution is 0.0959. The number of aryl methyl sites for hydroxylation is 1. The number of carbonyl (C=O) groups is 1. The van der Waals surface area contributed by atoms with Crippen LogP contribution in [0.15, 0.2) is 76.5 Å². The van der Waals surface area contributed by atoms with E-state index in [9.17, 15) is 9.00 Å². The zero-order chi connectivity index (χ0) is 21.0. The molecule has 0 aliphatic carbocycles. The van der Waals surface area contributed by atoms with Crippen molar-refractivity contribution in [3.8, 4) is 11.5 Å². The molecule has 4 nitrogen and oxygen atoms in total. The van der Waals surface area contributed by atoms with Gasteiger partial charge in [0, 0.05) is 15.7 Å². The number of benzene rings is 3. The average molecular weight is 409 g/mol. The molecule has 0 radical (unpaired) electrons. The standard InChI is InChI=1S/C24H24O4S/c1-16-12-14-18(15-13-16)29(26)22-11-6-5-8-19(22)17(2)24(25)23-20(27-3)9-7-10-21(23)28-4/h5-15,17H,1-4H3/t17-,29?/m0/s1. The normalized spacial score (nSPS) is 12.8. The predicted molar refractivity (Wildman–Crippen MR) is 115 cm³/mol. The molecule has 0 aliphatic rings. The topological polar surface area (TPSA) is 52.6 Å². The molecule has 0 fully saturated rings. The Morgan fingerprint density at radius 2 is 1.45 bits per heavy atom. The molecule has 29 heavy (non-hydrogen) atoms. The third kappa shape index (κ3) is 4.25. The highest BCUT2D eigenvalue weighted by atomic mass is 32.2. The molecule has 0 N–H and O–H groups in total. The molecule has 0 amide bonds. The first kappa shape index (κ1) is 20.8. The summed E-state index contributed by atoms with van der Waals surface area (Å²) in [4.78, 5) is 14.7. The highest BCUT2D eigenvalue weighted by Crippen LogP contribution is 2.35. The van der Waals surface area contributed by atoms with Crippen LogP contribution in [0.5, 0.6) is 11.5 Å². The van der Waals surface area contributed by atoms with Crippen LogP contribution in [0, 0.1) is 6.92 Å². The zero-order valence-corrected chi connectivity index (χ0v) is 17.8. The number of carbonyl (C=O) groups excluding carboxylic acids is 1. The summed E-state index contributed by atoms with van der Waals surface area (Å²) in [7, 11) is 1.66. The summed E-state index contributed by atoms with van der Waals surface area (Å²) in [5, 5.41) is 0. The molecule has 5 heteroatoms. The van der Waals surface area contributed by atoms with Gasteiger partial charge in [-0.25, -0.2) is 4.21 Å². The average Bonchev–Trinajstić information content (AvgIpc) is 2.77. The molecule has 0 aromatic heterocycles. The van der Waals surface area contributed by atoms with E-state index in [4.69, 9.17) is 9.47 Å². The van der Waals surface area contributed by atoms with Gasteiger partial charge >= 0.3 is 0 Å². The van der Waals surface area contributed by atoms with E-state index in [1.54, 1.807) is 18.2 Å². The van der Waals surface area contributed by atoms with Gasteiger partial charge in [-0.05, 0) is 42.8 Å². The van der Waals surface area contributed by atoms with E-state index in [1.807, 2.05) is 62.4 Å². The summed E-state index contributed by atoms with van der Waals surface area (Å²) in [6.07, 6.45) is 0. The Morgan fingerprint density at radius 3 is 2.03 bits per heavy atom. The first-order chi connectivity index (χ1) is 14.0. The molecule has 0 heterocycles. The van der Waals surface area contributed by atoms with Crippen molar-refractivity contribution in [3.05, 3.63) is 83.4 Å². The lowest BCUT2D eigenvalue weighted by Gasteiger charge is -2.18. The van der Waals surface area contributed by atoms with Gasteiger partial charge in [0.05, 0.1) is 25.0 Å². The number of hydrogen-bond donors (Lipinski definition) is 0. The summed E-state index contributed by atoms with van der Waals surface area (Å²) in [5.74, 6) is 0.245. The number of Topliss-reactive ketones (excluding diaryl/α,β-unsaturated/α-hetero) is 1. The Labute approximate surface area is 173 Å². The summed E-state index contributed by atoms with van der Waals surface area (Å²) >= 11 is 0. The zero-order valence-electron chi connectivity index (χ0n) is 17.0. The van der Waals surface area contributed by atoms with Crippen molar-refractivity contribution in [2.24, 2.45) is 0 Å². The second-order valence-electron chi connectivity index (χ2n) is 6.74. The second kappa shape index (κ2) is 9.05. The van der Waals surface area contributed by atoms with Gasteiger partial charge in [0.25, 0.3) is 0 Å². The minimum atomic E-state index is -1.39. The first-order valence-corrected chi connectivity index (χ1v) is 10.5. The van der Waals surface area contributed by atoms with Crippen LogP contribution < -0.4 is 9.47 Å². The van der Waals surface area contributed by atoms with Crippen molar-refractivity contribution in [3.63, 3.8) is 0 Å². The minimum absolute atomic E-state index is 0.146. The lowest BCUT2D eigenvalue weighted by atomic mass is 9.91. The van der Waals surface area contributed by atoms with Crippen molar-refractivity contribution in [2.45, 2.75) is 29.6 Å². The number of methoxy groups -OCH3 is 2. The lowest BCUT2D eigenvalue weighted by Crippen LogP contribution is -2.14. The minimum Gasteiger partial charge on any atom is -0.496 e. The van der Waals surface area contributed by atoms with Crippen LogP contribution in [0.2, 0.25) is 0 Å². The molecule has 1 unspecified atom stereocenters. The van der Waals surface area contributed by atoms with Crippen LogP contribution >= 0.6 is 0 Å². The van der Waals surface area contributed by atoms with E-state index in [-0.39, 0.29) is 5.78 Å². The Morgan fingerprint density at radius 1 is 0.862 bits per heavy atom. The quantitative estimate of drug-likeness (QED) is 0.507. The van der Waals surface area contributed by atoms with Gasteiger partial charge < -0.3 is 9.47 Å². The van der Waals surface area contributed by atoms with Gasteiger partial charge in [0.1, 0.15) is 17.1 Å². The van der Waals surface area contributed by atoms with E-state index in [1.165, 1.54) is 14.2 Å². The maximum Gasteiger partial charge on any atom is 0.177 e. The molecule has 0 saturated carbocycles. The Bertz CT molecular complexity index is 1020. The summed E-state index contributed by atoms with van der Waals surface area (Å²) in [6, 6.07) is 20.2. The second-order valence-corrected chi connectivity index (χ2v) is 8.19. The SMILES string of the molecule is COc1cccc(OC)c1C(=O)[C@@H](C)c1ccccc1S(=O)c1ccc(C)cc1. The highest BCUT2D eigenvalue weighted by Gasteiger charge is 2.27. The van der Waals surface area contributed by atoms with E-state index in [0.717, 1.165) is 11.1 Å². The van der Waals surface area contributed by atoms with Crippen molar-refractivity contribution in [1.82, 2.24) is 0 Å². The van der Waals surface area contributed by atoms with E-state index < -0.39 is 16.7 Å². The van der Waals surface area contributed by atoms with Crippen LogP contribution in [0.3, 0.4) is 0 Å².